The predicted molar refractivity (Wildman–Crippen MR) is 123 cm³/mol. The number of nitrogens with one attached hydrogen (secondary N) is 1. The van der Waals surface area contributed by atoms with Gasteiger partial charge in [0.05, 0.1) is 23.2 Å². The van der Waals surface area contributed by atoms with Gasteiger partial charge in [-0.2, -0.15) is 23.4 Å². The van der Waals surface area contributed by atoms with E-state index in [-0.39, 0.29) is 34.8 Å². The fourth-order valence-corrected chi connectivity index (χ4v) is 4.21. The smallest absolute Gasteiger partial charge is 0.308 e. The molecule has 178 valence electrons. The molecule has 4 aromatic rings. The highest BCUT2D eigenvalue weighted by Crippen LogP contribution is 2.36. The van der Waals surface area contributed by atoms with Crippen molar-refractivity contribution in [3.05, 3.63) is 68.6 Å². The number of anilines is 1. The van der Waals surface area contributed by atoms with Crippen LogP contribution >= 0.6 is 23.2 Å². The maximum absolute atomic E-state index is 13.5. The number of benzene rings is 1. The van der Waals surface area contributed by atoms with E-state index in [0.717, 1.165) is 16.4 Å². The summed E-state index contributed by atoms with van der Waals surface area (Å²) < 4.78 is 43.3. The first kappa shape index (κ1) is 24.0. The number of hydrogen-bond donors (Lipinski definition) is 1. The number of alkyl halides is 3. The van der Waals surface area contributed by atoms with Gasteiger partial charge < -0.3 is 5.32 Å². The minimum absolute atomic E-state index is 0.00459. The van der Waals surface area contributed by atoms with Crippen molar-refractivity contribution < 1.29 is 18.0 Å². The molecule has 1 N–H and O–H groups in total. The summed E-state index contributed by atoms with van der Waals surface area (Å²) in [4.78, 5) is 16.9. The Morgan fingerprint density at radius 1 is 1.06 bits per heavy atom. The normalized spacial score (nSPS) is 11.9. The molecule has 0 atom stereocenters. The molecule has 7 nitrogen and oxygen atoms in total. The molecule has 3 aromatic heterocycles. The van der Waals surface area contributed by atoms with Crippen LogP contribution in [-0.4, -0.2) is 30.5 Å². The van der Waals surface area contributed by atoms with Crippen molar-refractivity contribution in [1.29, 1.82) is 0 Å². The standard InChI is InChI=1S/C22H19Cl2F3N6O/c1-11-7-15(22(25,26)27)20-13(3)30-33(21(20)28-11)10-19(34)29-18-8-12(2)32(31-18)9-14-16(23)5-4-6-17(14)24/h4-8H,9-10H2,1-3H3,(H,29,31,34). The van der Waals surface area contributed by atoms with E-state index in [2.05, 4.69) is 20.5 Å². The van der Waals surface area contributed by atoms with E-state index < -0.39 is 17.6 Å². The maximum atomic E-state index is 13.5. The number of aryl methyl sites for hydroxylation is 3. The molecule has 0 fully saturated rings. The molecule has 3 heterocycles. The van der Waals surface area contributed by atoms with Crippen molar-refractivity contribution in [3.8, 4) is 0 Å². The topological polar surface area (TPSA) is 77.6 Å². The van der Waals surface area contributed by atoms with E-state index in [0.29, 0.717) is 22.2 Å². The van der Waals surface area contributed by atoms with Crippen molar-refractivity contribution in [1.82, 2.24) is 24.5 Å². The molecule has 34 heavy (non-hydrogen) atoms. The monoisotopic (exact) mass is 510 g/mol. The Bertz CT molecular complexity index is 1390. The molecule has 1 aromatic carbocycles. The molecule has 0 radical (unpaired) electrons. The molecule has 0 aliphatic carbocycles. The number of pyridine rings is 1. The van der Waals surface area contributed by atoms with Crippen molar-refractivity contribution in [2.45, 2.75) is 40.0 Å². The van der Waals surface area contributed by atoms with E-state index in [9.17, 15) is 18.0 Å². The fraction of sp³-hybridized carbons (Fsp3) is 0.273. The first-order valence-corrected chi connectivity index (χ1v) is 10.9. The number of aromatic nitrogens is 5. The molecule has 0 spiro atoms. The van der Waals surface area contributed by atoms with Crippen LogP contribution in [0.1, 0.15) is 28.2 Å². The van der Waals surface area contributed by atoms with Crippen LogP contribution in [0.15, 0.2) is 30.3 Å². The van der Waals surface area contributed by atoms with Gasteiger partial charge >= 0.3 is 6.18 Å². The Balaban J connectivity index is 1.56. The largest absolute Gasteiger partial charge is 0.417 e. The highest BCUT2D eigenvalue weighted by atomic mass is 35.5. The molecule has 0 aliphatic heterocycles. The van der Waals surface area contributed by atoms with Crippen LogP contribution in [0.3, 0.4) is 0 Å². The first-order chi connectivity index (χ1) is 15.9. The highest BCUT2D eigenvalue weighted by Gasteiger charge is 2.35. The van der Waals surface area contributed by atoms with Gasteiger partial charge in [0.1, 0.15) is 6.54 Å². The van der Waals surface area contributed by atoms with Crippen LogP contribution < -0.4 is 5.32 Å². The van der Waals surface area contributed by atoms with E-state index in [1.54, 1.807) is 28.9 Å². The third-order valence-corrected chi connectivity index (χ3v) is 5.93. The summed E-state index contributed by atoms with van der Waals surface area (Å²) in [6, 6.07) is 7.83. The Morgan fingerprint density at radius 3 is 2.38 bits per heavy atom. The Hall–Kier alpha value is -3.11. The summed E-state index contributed by atoms with van der Waals surface area (Å²) in [5.41, 5.74) is 0.921. The number of fused-ring (bicyclic) bond motifs is 1. The van der Waals surface area contributed by atoms with Crippen LogP contribution in [-0.2, 0) is 24.1 Å². The van der Waals surface area contributed by atoms with Crippen LogP contribution in [0, 0.1) is 20.8 Å². The third kappa shape index (κ3) is 4.74. The van der Waals surface area contributed by atoms with Gasteiger partial charge in [-0.25, -0.2) is 9.67 Å². The molecule has 0 saturated carbocycles. The van der Waals surface area contributed by atoms with E-state index in [4.69, 9.17) is 23.2 Å². The number of halogens is 5. The average Bonchev–Trinajstić information content (AvgIpc) is 3.22. The van der Waals surface area contributed by atoms with Gasteiger partial charge in [-0.3, -0.25) is 9.48 Å². The van der Waals surface area contributed by atoms with E-state index >= 15 is 0 Å². The number of amides is 1. The van der Waals surface area contributed by atoms with E-state index in [1.165, 1.54) is 13.8 Å². The quantitative estimate of drug-likeness (QED) is 0.381. The van der Waals surface area contributed by atoms with Crippen molar-refractivity contribution >= 4 is 46.0 Å². The summed E-state index contributed by atoms with van der Waals surface area (Å²) in [7, 11) is 0. The Labute approximate surface area is 202 Å². The fourth-order valence-electron chi connectivity index (χ4n) is 3.70. The second-order valence-corrected chi connectivity index (χ2v) is 8.64. The average molecular weight is 511 g/mol. The van der Waals surface area contributed by atoms with Gasteiger partial charge in [-0.15, -0.1) is 0 Å². The zero-order valence-corrected chi connectivity index (χ0v) is 19.8. The molecule has 0 aliphatic rings. The molecule has 0 saturated heterocycles. The second kappa shape index (κ2) is 8.92. The van der Waals surface area contributed by atoms with Crippen molar-refractivity contribution in [2.24, 2.45) is 0 Å². The van der Waals surface area contributed by atoms with E-state index in [1.807, 2.05) is 6.92 Å². The molecule has 0 unspecified atom stereocenters. The first-order valence-electron chi connectivity index (χ1n) is 10.1. The highest BCUT2D eigenvalue weighted by molar-refractivity contribution is 6.35. The summed E-state index contributed by atoms with van der Waals surface area (Å²) >= 11 is 12.5. The predicted octanol–water partition coefficient (Wildman–Crippen LogP) is 5.57. The van der Waals surface area contributed by atoms with Gasteiger partial charge in [0, 0.05) is 33.1 Å². The third-order valence-electron chi connectivity index (χ3n) is 5.22. The molecule has 12 heteroatoms. The molecular weight excluding hydrogens is 492 g/mol. The van der Waals surface area contributed by atoms with Gasteiger partial charge in [0.15, 0.2) is 11.5 Å². The zero-order chi connectivity index (χ0) is 24.8. The maximum Gasteiger partial charge on any atom is 0.417 e. The SMILES string of the molecule is Cc1cc(C(F)(F)F)c2c(C)nn(CC(=O)Nc3cc(C)n(Cc4c(Cl)cccc4Cl)n3)c2n1. The lowest BCUT2D eigenvalue weighted by Gasteiger charge is -2.10. The molecule has 1 amide bonds. The van der Waals surface area contributed by atoms with Crippen LogP contribution in [0.4, 0.5) is 19.0 Å². The van der Waals surface area contributed by atoms with Gasteiger partial charge in [-0.1, -0.05) is 29.3 Å². The minimum atomic E-state index is -4.57. The lowest BCUT2D eigenvalue weighted by Crippen LogP contribution is -2.20. The summed E-state index contributed by atoms with van der Waals surface area (Å²) in [5.74, 6) is -0.235. The summed E-state index contributed by atoms with van der Waals surface area (Å²) in [6.07, 6.45) is -4.57. The number of nitrogens with zero attached hydrogens (tertiary/aromatic N) is 5. The lowest BCUT2D eigenvalue weighted by molar-refractivity contribution is -0.136. The van der Waals surface area contributed by atoms with Crippen LogP contribution in [0.5, 0.6) is 0 Å². The summed E-state index contributed by atoms with van der Waals surface area (Å²) in [6.45, 7) is 4.69. The summed E-state index contributed by atoms with van der Waals surface area (Å²) in [5, 5.41) is 12.0. The number of carbonyl (C=O) groups excluding carboxylic acids is 1. The Kier molecular flexibility index (Phi) is 6.30. The van der Waals surface area contributed by atoms with Gasteiger partial charge in [0.2, 0.25) is 5.91 Å². The lowest BCUT2D eigenvalue weighted by atomic mass is 10.1. The van der Waals surface area contributed by atoms with Gasteiger partial charge in [-0.05, 0) is 39.0 Å². The number of hydrogen-bond acceptors (Lipinski definition) is 4. The zero-order valence-electron chi connectivity index (χ0n) is 18.3. The molecule has 4 rings (SSSR count). The number of rotatable bonds is 5. The van der Waals surface area contributed by atoms with Crippen molar-refractivity contribution in [2.75, 3.05) is 5.32 Å². The molecular formula is C22H19Cl2F3N6O. The van der Waals surface area contributed by atoms with Gasteiger partial charge in [0.25, 0.3) is 0 Å². The molecule has 0 bridgehead atoms. The van der Waals surface area contributed by atoms with Crippen LogP contribution in [0.2, 0.25) is 10.0 Å². The van der Waals surface area contributed by atoms with Crippen molar-refractivity contribution in [3.63, 3.8) is 0 Å². The Morgan fingerprint density at radius 2 is 1.74 bits per heavy atom. The number of carbonyl (C=O) groups is 1. The van der Waals surface area contributed by atoms with Crippen LogP contribution in [0.25, 0.3) is 11.0 Å². The minimum Gasteiger partial charge on any atom is -0.308 e. The second-order valence-electron chi connectivity index (χ2n) is 7.83.